The van der Waals surface area contributed by atoms with E-state index in [1.54, 1.807) is 6.07 Å². The van der Waals surface area contributed by atoms with Crippen LogP contribution in [0.15, 0.2) is 18.2 Å². The van der Waals surface area contributed by atoms with Crippen molar-refractivity contribution in [2.45, 2.75) is 0 Å². The maximum Gasteiger partial charge on any atom is 0.148 e. The van der Waals surface area contributed by atoms with Gasteiger partial charge in [-0.1, -0.05) is 17.5 Å². The Bertz CT molecular complexity index is 317. The monoisotopic (exact) mass is 292 g/mol. The van der Waals surface area contributed by atoms with E-state index in [2.05, 4.69) is 28.5 Å². The predicted octanol–water partition coefficient (Wildman–Crippen LogP) is 2.96. The highest BCUT2D eigenvalue weighted by Crippen LogP contribution is 2.23. The summed E-state index contributed by atoms with van der Waals surface area (Å²) in [5, 5.41) is 0.685. The zero-order chi connectivity index (χ0) is 8.97. The summed E-state index contributed by atoms with van der Waals surface area (Å²) >= 11 is 8.00. The van der Waals surface area contributed by atoms with Crippen molar-refractivity contribution in [3.63, 3.8) is 0 Å². The van der Waals surface area contributed by atoms with Crippen LogP contribution >= 0.6 is 34.2 Å². The van der Waals surface area contributed by atoms with E-state index in [0.29, 0.717) is 10.8 Å². The van der Waals surface area contributed by atoms with Crippen LogP contribution in [-0.2, 0) is 0 Å². The third kappa shape index (κ3) is 2.58. The lowest BCUT2D eigenvalue weighted by Crippen LogP contribution is -1.93. The van der Waals surface area contributed by atoms with Crippen LogP contribution in [0.25, 0.3) is 0 Å². The van der Waals surface area contributed by atoms with Crippen LogP contribution < -0.4 is 4.74 Å². The molecule has 0 aliphatic carbocycles. The first-order valence-corrected chi connectivity index (χ1v) is 4.71. The lowest BCUT2D eigenvalue weighted by molar-refractivity contribution is 0.370. The summed E-state index contributed by atoms with van der Waals surface area (Å²) in [6.45, 7) is 0.275. The first-order chi connectivity index (χ1) is 5.74. The van der Waals surface area contributed by atoms with Crippen molar-refractivity contribution >= 4 is 34.2 Å². The highest BCUT2D eigenvalue weighted by molar-refractivity contribution is 14.1. The molecular formula is C9H6ClIO. The number of terminal acetylenes is 1. The molecule has 0 radical (unpaired) electrons. The lowest BCUT2D eigenvalue weighted by Gasteiger charge is -2.02. The van der Waals surface area contributed by atoms with Crippen LogP contribution in [0, 0.1) is 15.9 Å². The summed E-state index contributed by atoms with van der Waals surface area (Å²) in [6.07, 6.45) is 5.03. The lowest BCUT2D eigenvalue weighted by atomic mass is 10.3. The molecule has 0 aliphatic rings. The summed E-state index contributed by atoms with van der Waals surface area (Å²) in [6, 6.07) is 5.47. The first kappa shape index (κ1) is 9.69. The quantitative estimate of drug-likeness (QED) is 0.601. The molecule has 3 heteroatoms. The van der Waals surface area contributed by atoms with Crippen molar-refractivity contribution in [3.8, 4) is 18.1 Å². The molecule has 1 aromatic carbocycles. The normalized spacial score (nSPS) is 9.08. The van der Waals surface area contributed by atoms with Crippen molar-refractivity contribution in [1.29, 1.82) is 0 Å². The number of halogens is 2. The van der Waals surface area contributed by atoms with Crippen molar-refractivity contribution in [2.75, 3.05) is 6.61 Å². The molecule has 1 nitrogen and oxygen atoms in total. The minimum atomic E-state index is 0.275. The third-order valence-electron chi connectivity index (χ3n) is 1.21. The topological polar surface area (TPSA) is 9.23 Å². The van der Waals surface area contributed by atoms with Crippen molar-refractivity contribution in [1.82, 2.24) is 0 Å². The van der Waals surface area contributed by atoms with Crippen LogP contribution in [0.5, 0.6) is 5.75 Å². The van der Waals surface area contributed by atoms with Gasteiger partial charge < -0.3 is 4.74 Å². The molecule has 0 fully saturated rings. The Balaban J connectivity index is 2.77. The molecular weight excluding hydrogens is 286 g/mol. The standard InChI is InChI=1S/C9H6ClIO/c1-2-5-12-7-3-4-9(11)8(10)6-7/h1,3-4,6H,5H2. The van der Waals surface area contributed by atoms with E-state index in [9.17, 15) is 0 Å². The zero-order valence-electron chi connectivity index (χ0n) is 6.18. The van der Waals surface area contributed by atoms with Gasteiger partial charge in [0.15, 0.2) is 0 Å². The second-order valence-corrected chi connectivity index (χ2v) is 3.64. The highest BCUT2D eigenvalue weighted by Gasteiger charge is 1.98. The molecule has 0 spiro atoms. The largest absolute Gasteiger partial charge is 0.481 e. The van der Waals surface area contributed by atoms with Crippen molar-refractivity contribution in [2.24, 2.45) is 0 Å². The molecule has 0 aliphatic heterocycles. The fourth-order valence-corrected chi connectivity index (χ4v) is 1.20. The molecule has 0 saturated heterocycles. The molecule has 0 heterocycles. The van der Waals surface area contributed by atoms with Gasteiger partial charge in [0.1, 0.15) is 12.4 Å². The van der Waals surface area contributed by atoms with Gasteiger partial charge in [-0.15, -0.1) is 6.42 Å². The Morgan fingerprint density at radius 1 is 1.58 bits per heavy atom. The Morgan fingerprint density at radius 3 is 2.92 bits per heavy atom. The maximum atomic E-state index is 5.85. The predicted molar refractivity (Wildman–Crippen MR) is 58.5 cm³/mol. The van der Waals surface area contributed by atoms with Gasteiger partial charge >= 0.3 is 0 Å². The van der Waals surface area contributed by atoms with Gasteiger partial charge in [0.25, 0.3) is 0 Å². The van der Waals surface area contributed by atoms with E-state index in [1.807, 2.05) is 12.1 Å². The second kappa shape index (κ2) is 4.58. The van der Waals surface area contributed by atoms with E-state index >= 15 is 0 Å². The molecule has 1 rings (SSSR count). The van der Waals surface area contributed by atoms with E-state index < -0.39 is 0 Å². The Morgan fingerprint density at radius 2 is 2.33 bits per heavy atom. The van der Waals surface area contributed by atoms with Crippen molar-refractivity contribution < 1.29 is 4.74 Å². The first-order valence-electron chi connectivity index (χ1n) is 3.25. The summed E-state index contributed by atoms with van der Waals surface area (Å²) in [5.74, 6) is 3.09. The number of benzene rings is 1. The molecule has 1 aromatic rings. The van der Waals surface area contributed by atoms with Crippen LogP contribution in [0.1, 0.15) is 0 Å². The van der Waals surface area contributed by atoms with Gasteiger partial charge in [-0.05, 0) is 40.8 Å². The number of ether oxygens (including phenoxy) is 1. The van der Waals surface area contributed by atoms with Gasteiger partial charge in [0.2, 0.25) is 0 Å². The molecule has 62 valence electrons. The fraction of sp³-hybridized carbons (Fsp3) is 0.111. The summed E-state index contributed by atoms with van der Waals surface area (Å²) < 4.78 is 6.17. The minimum Gasteiger partial charge on any atom is -0.481 e. The Hall–Kier alpha value is -0.400. The number of rotatable bonds is 2. The molecule has 0 saturated carbocycles. The van der Waals surface area contributed by atoms with Crippen LogP contribution in [0.3, 0.4) is 0 Å². The molecule has 0 bridgehead atoms. The van der Waals surface area contributed by atoms with Gasteiger partial charge in [0, 0.05) is 3.57 Å². The Kier molecular flexibility index (Phi) is 3.70. The average molecular weight is 293 g/mol. The summed E-state index contributed by atoms with van der Waals surface area (Å²) in [7, 11) is 0. The smallest absolute Gasteiger partial charge is 0.148 e. The average Bonchev–Trinajstić information content (AvgIpc) is 2.07. The summed E-state index contributed by atoms with van der Waals surface area (Å²) in [4.78, 5) is 0. The van der Waals surface area contributed by atoms with Crippen LogP contribution in [0.4, 0.5) is 0 Å². The van der Waals surface area contributed by atoms with Gasteiger partial charge in [-0.25, -0.2) is 0 Å². The fourth-order valence-electron chi connectivity index (χ4n) is 0.692. The molecule has 0 N–H and O–H groups in total. The van der Waals surface area contributed by atoms with E-state index in [1.165, 1.54) is 0 Å². The zero-order valence-corrected chi connectivity index (χ0v) is 9.09. The van der Waals surface area contributed by atoms with Crippen molar-refractivity contribution in [3.05, 3.63) is 26.8 Å². The molecule has 0 atom stereocenters. The van der Waals surface area contributed by atoms with E-state index in [-0.39, 0.29) is 6.61 Å². The number of hydrogen-bond donors (Lipinski definition) is 0. The molecule has 0 unspecified atom stereocenters. The Labute approximate surface area is 90.2 Å². The van der Waals surface area contributed by atoms with Gasteiger partial charge in [0.05, 0.1) is 5.02 Å². The van der Waals surface area contributed by atoms with Crippen LogP contribution in [-0.4, -0.2) is 6.61 Å². The second-order valence-electron chi connectivity index (χ2n) is 2.07. The molecule has 0 aromatic heterocycles. The van der Waals surface area contributed by atoms with E-state index in [4.69, 9.17) is 22.8 Å². The van der Waals surface area contributed by atoms with E-state index in [0.717, 1.165) is 3.57 Å². The van der Waals surface area contributed by atoms with Crippen LogP contribution in [0.2, 0.25) is 5.02 Å². The number of hydrogen-bond acceptors (Lipinski definition) is 1. The minimum absolute atomic E-state index is 0.275. The molecule has 0 amide bonds. The highest BCUT2D eigenvalue weighted by atomic mass is 127. The summed E-state index contributed by atoms with van der Waals surface area (Å²) in [5.41, 5.74) is 0. The van der Waals surface area contributed by atoms with Gasteiger partial charge in [-0.3, -0.25) is 0 Å². The SMILES string of the molecule is C#CCOc1ccc(I)c(Cl)c1. The maximum absolute atomic E-state index is 5.85. The molecule has 12 heavy (non-hydrogen) atoms. The van der Waals surface area contributed by atoms with Gasteiger partial charge in [-0.2, -0.15) is 0 Å². The third-order valence-corrected chi connectivity index (χ3v) is 2.79.